The summed E-state index contributed by atoms with van der Waals surface area (Å²) in [4.78, 5) is 4.26. The quantitative estimate of drug-likeness (QED) is 0.708. The van der Waals surface area contributed by atoms with Crippen LogP contribution >= 0.6 is 0 Å². The van der Waals surface area contributed by atoms with Gasteiger partial charge in [-0.1, -0.05) is 0 Å². The molecule has 2 heterocycles. The number of piperidine rings is 1. The molecule has 0 aromatic carbocycles. The molecule has 0 radical (unpaired) electrons. The summed E-state index contributed by atoms with van der Waals surface area (Å²) in [7, 11) is 0. The van der Waals surface area contributed by atoms with E-state index in [1.165, 1.54) is 12.8 Å². The molecule has 0 aliphatic carbocycles. The van der Waals surface area contributed by atoms with Gasteiger partial charge in [-0.05, 0) is 33.2 Å². The number of hydrogen-bond acceptors (Lipinski definition) is 2. The van der Waals surface area contributed by atoms with E-state index in [2.05, 4.69) is 34.9 Å². The molecule has 2 atom stereocenters. The van der Waals surface area contributed by atoms with Crippen LogP contribution in [0.15, 0.2) is 12.4 Å². The minimum absolute atomic E-state index is 0.639. The summed E-state index contributed by atoms with van der Waals surface area (Å²) in [5.74, 6) is 1.14. The Morgan fingerprint density at radius 2 is 2.46 bits per heavy atom. The van der Waals surface area contributed by atoms with Crippen LogP contribution in [0.3, 0.4) is 0 Å². The molecule has 0 bridgehead atoms. The first-order valence-electron chi connectivity index (χ1n) is 5.00. The van der Waals surface area contributed by atoms with E-state index in [4.69, 9.17) is 0 Å². The normalized spacial score (nSPS) is 29.1. The fourth-order valence-electron chi connectivity index (χ4n) is 2.13. The van der Waals surface area contributed by atoms with Crippen LogP contribution < -0.4 is 5.32 Å². The monoisotopic (exact) mass is 179 g/mol. The Kier molecular flexibility index (Phi) is 2.36. The van der Waals surface area contributed by atoms with Crippen LogP contribution in [-0.2, 0) is 0 Å². The van der Waals surface area contributed by atoms with E-state index in [0.29, 0.717) is 12.1 Å². The lowest BCUT2D eigenvalue weighted by atomic mass is 10.0. The van der Waals surface area contributed by atoms with E-state index in [1.54, 1.807) is 0 Å². The van der Waals surface area contributed by atoms with Gasteiger partial charge in [-0.2, -0.15) is 0 Å². The fraction of sp³-hybridized carbons (Fsp3) is 0.700. The predicted octanol–water partition coefficient (Wildman–Crippen LogP) is 1.50. The molecule has 3 heteroatoms. The maximum atomic E-state index is 4.26. The van der Waals surface area contributed by atoms with Crippen molar-refractivity contribution in [3.8, 4) is 0 Å². The van der Waals surface area contributed by atoms with Crippen molar-refractivity contribution in [1.82, 2.24) is 14.9 Å². The molecule has 1 saturated heterocycles. The van der Waals surface area contributed by atoms with Crippen LogP contribution in [0.2, 0.25) is 0 Å². The van der Waals surface area contributed by atoms with Gasteiger partial charge in [-0.25, -0.2) is 4.98 Å². The largest absolute Gasteiger partial charge is 0.332 e. The number of nitrogens with zero attached hydrogens (tertiary/aromatic N) is 2. The summed E-state index contributed by atoms with van der Waals surface area (Å²) in [5.41, 5.74) is 0. The van der Waals surface area contributed by atoms with Crippen molar-refractivity contribution in [3.05, 3.63) is 18.2 Å². The third kappa shape index (κ3) is 1.75. The maximum absolute atomic E-state index is 4.26. The van der Waals surface area contributed by atoms with Crippen molar-refractivity contribution < 1.29 is 0 Å². The lowest BCUT2D eigenvalue weighted by Gasteiger charge is -2.29. The second kappa shape index (κ2) is 3.50. The topological polar surface area (TPSA) is 29.9 Å². The van der Waals surface area contributed by atoms with E-state index >= 15 is 0 Å². The van der Waals surface area contributed by atoms with Crippen molar-refractivity contribution >= 4 is 0 Å². The molecule has 0 saturated carbocycles. The van der Waals surface area contributed by atoms with E-state index in [1.807, 2.05) is 6.20 Å². The summed E-state index contributed by atoms with van der Waals surface area (Å²) in [6, 6.07) is 1.29. The van der Waals surface area contributed by atoms with E-state index in [0.717, 1.165) is 12.4 Å². The molecular formula is C10H17N3. The minimum atomic E-state index is 0.639. The molecule has 0 amide bonds. The Morgan fingerprint density at radius 3 is 3.08 bits per heavy atom. The standard InChI is InChI=1S/C10H17N3/c1-8-7-10(3-4-11-8)13-6-5-12-9(13)2/h5-6,8,10-11H,3-4,7H2,1-2H3. The van der Waals surface area contributed by atoms with Crippen molar-refractivity contribution in [2.24, 2.45) is 0 Å². The zero-order chi connectivity index (χ0) is 9.26. The van der Waals surface area contributed by atoms with Crippen molar-refractivity contribution in [2.75, 3.05) is 6.54 Å². The van der Waals surface area contributed by atoms with E-state index < -0.39 is 0 Å². The highest BCUT2D eigenvalue weighted by Crippen LogP contribution is 2.22. The number of rotatable bonds is 1. The molecule has 1 aliphatic rings. The van der Waals surface area contributed by atoms with Crippen LogP contribution in [0.1, 0.15) is 31.6 Å². The van der Waals surface area contributed by atoms with E-state index in [-0.39, 0.29) is 0 Å². The summed E-state index contributed by atoms with van der Waals surface area (Å²) in [6.45, 7) is 5.45. The third-order valence-corrected chi connectivity index (χ3v) is 2.85. The molecule has 13 heavy (non-hydrogen) atoms. The zero-order valence-electron chi connectivity index (χ0n) is 8.33. The van der Waals surface area contributed by atoms with Crippen molar-refractivity contribution in [1.29, 1.82) is 0 Å². The first kappa shape index (κ1) is 8.75. The van der Waals surface area contributed by atoms with Gasteiger partial charge in [-0.3, -0.25) is 0 Å². The molecule has 1 fully saturated rings. The third-order valence-electron chi connectivity index (χ3n) is 2.85. The molecular weight excluding hydrogens is 162 g/mol. The average Bonchev–Trinajstić information content (AvgIpc) is 2.51. The first-order chi connectivity index (χ1) is 6.27. The Hall–Kier alpha value is -0.830. The van der Waals surface area contributed by atoms with E-state index in [9.17, 15) is 0 Å². The Morgan fingerprint density at radius 1 is 1.62 bits per heavy atom. The molecule has 1 N–H and O–H groups in total. The number of aromatic nitrogens is 2. The summed E-state index contributed by atoms with van der Waals surface area (Å²) >= 11 is 0. The molecule has 1 aromatic heterocycles. The molecule has 3 nitrogen and oxygen atoms in total. The smallest absolute Gasteiger partial charge is 0.105 e. The molecule has 1 aliphatic heterocycles. The van der Waals surface area contributed by atoms with Crippen LogP contribution in [-0.4, -0.2) is 22.1 Å². The maximum Gasteiger partial charge on any atom is 0.105 e. The Labute approximate surface area is 79.2 Å². The van der Waals surface area contributed by atoms with Gasteiger partial charge in [0.2, 0.25) is 0 Å². The van der Waals surface area contributed by atoms with Gasteiger partial charge in [0.15, 0.2) is 0 Å². The number of hydrogen-bond donors (Lipinski definition) is 1. The summed E-state index contributed by atoms with van der Waals surface area (Å²) < 4.78 is 2.30. The fourth-order valence-corrected chi connectivity index (χ4v) is 2.13. The minimum Gasteiger partial charge on any atom is -0.332 e. The van der Waals surface area contributed by atoms with Gasteiger partial charge in [0, 0.05) is 24.5 Å². The predicted molar refractivity (Wildman–Crippen MR) is 52.7 cm³/mol. The number of imidazole rings is 1. The van der Waals surface area contributed by atoms with Crippen LogP contribution in [0.25, 0.3) is 0 Å². The first-order valence-corrected chi connectivity index (χ1v) is 5.00. The lowest BCUT2D eigenvalue weighted by molar-refractivity contribution is 0.310. The van der Waals surface area contributed by atoms with Gasteiger partial charge in [0.1, 0.15) is 5.82 Å². The van der Waals surface area contributed by atoms with Gasteiger partial charge in [0.25, 0.3) is 0 Å². The molecule has 2 rings (SSSR count). The molecule has 2 unspecified atom stereocenters. The van der Waals surface area contributed by atoms with Crippen LogP contribution in [0.5, 0.6) is 0 Å². The van der Waals surface area contributed by atoms with Crippen molar-refractivity contribution in [2.45, 2.75) is 38.8 Å². The zero-order valence-corrected chi connectivity index (χ0v) is 8.33. The number of aryl methyl sites for hydroxylation is 1. The highest BCUT2D eigenvalue weighted by molar-refractivity contribution is 4.94. The second-order valence-corrected chi connectivity index (χ2v) is 3.92. The summed E-state index contributed by atoms with van der Waals surface area (Å²) in [6.07, 6.45) is 6.43. The lowest BCUT2D eigenvalue weighted by Crippen LogP contribution is -2.36. The van der Waals surface area contributed by atoms with Crippen LogP contribution in [0, 0.1) is 6.92 Å². The van der Waals surface area contributed by atoms with Gasteiger partial charge < -0.3 is 9.88 Å². The number of nitrogens with one attached hydrogen (secondary N) is 1. The Bertz CT molecular complexity index is 279. The highest BCUT2D eigenvalue weighted by atomic mass is 15.1. The average molecular weight is 179 g/mol. The summed E-state index contributed by atoms with van der Waals surface area (Å²) in [5, 5.41) is 3.46. The molecule has 72 valence electrons. The Balaban J connectivity index is 2.12. The van der Waals surface area contributed by atoms with Gasteiger partial charge in [0.05, 0.1) is 0 Å². The second-order valence-electron chi connectivity index (χ2n) is 3.92. The molecule has 0 spiro atoms. The van der Waals surface area contributed by atoms with Crippen LogP contribution in [0.4, 0.5) is 0 Å². The SMILES string of the molecule is Cc1nccn1C1CCNC(C)C1. The van der Waals surface area contributed by atoms with Gasteiger partial charge in [-0.15, -0.1) is 0 Å². The highest BCUT2D eigenvalue weighted by Gasteiger charge is 2.20. The van der Waals surface area contributed by atoms with Crippen molar-refractivity contribution in [3.63, 3.8) is 0 Å². The van der Waals surface area contributed by atoms with Gasteiger partial charge >= 0.3 is 0 Å². The molecule has 1 aromatic rings.